The van der Waals surface area contributed by atoms with Gasteiger partial charge in [-0.15, -0.1) is 0 Å². The zero-order valence-corrected chi connectivity index (χ0v) is 10.4. The molecule has 1 radical (unpaired) electrons. The van der Waals surface area contributed by atoms with Gasteiger partial charge in [0, 0.05) is 0 Å². The van der Waals surface area contributed by atoms with E-state index in [1.165, 1.54) is 10.6 Å². The monoisotopic (exact) mass is 227 g/mol. The summed E-state index contributed by atoms with van der Waals surface area (Å²) in [4.78, 5) is 0. The van der Waals surface area contributed by atoms with E-state index in [0.29, 0.717) is 0 Å². The van der Waals surface area contributed by atoms with Crippen LogP contribution in [-0.2, 0) is 0 Å². The van der Waals surface area contributed by atoms with Gasteiger partial charge in [-0.05, 0) is 31.1 Å². The molecule has 0 saturated carbocycles. The van der Waals surface area contributed by atoms with Gasteiger partial charge in [0.25, 0.3) is 0 Å². The Balaban J connectivity index is 2.31. The molecule has 0 aliphatic carbocycles. The lowest BCUT2D eigenvalue weighted by molar-refractivity contribution is 1.20. The van der Waals surface area contributed by atoms with E-state index < -0.39 is 0 Å². The normalized spacial score (nSPS) is 10.6. The van der Waals surface area contributed by atoms with E-state index in [0.717, 1.165) is 6.42 Å². The van der Waals surface area contributed by atoms with E-state index in [2.05, 4.69) is 73.7 Å². The molecule has 0 atom stereocenters. The quantitative estimate of drug-likeness (QED) is 0.699. The molecule has 2 aromatic rings. The summed E-state index contributed by atoms with van der Waals surface area (Å²) in [5, 5.41) is 2.87. The van der Waals surface area contributed by atoms with Gasteiger partial charge in [-0.25, -0.2) is 0 Å². The second kappa shape index (κ2) is 5.82. The summed E-state index contributed by atoms with van der Waals surface area (Å²) in [6.07, 6.45) is 3.55. The highest BCUT2D eigenvalue weighted by atomic mass is 31.1. The molecular weight excluding hydrogens is 211 g/mol. The Hall–Kier alpha value is -1.13. The van der Waals surface area contributed by atoms with Crippen LogP contribution in [0.15, 0.2) is 60.7 Å². The highest BCUT2D eigenvalue weighted by molar-refractivity contribution is 7.74. The highest BCUT2D eigenvalue weighted by Crippen LogP contribution is 2.37. The van der Waals surface area contributed by atoms with Gasteiger partial charge in [0.1, 0.15) is 0 Å². The minimum atomic E-state index is -0.276. The van der Waals surface area contributed by atoms with Crippen molar-refractivity contribution in [3.05, 3.63) is 66.8 Å². The third-order valence-electron chi connectivity index (χ3n) is 2.43. The minimum absolute atomic E-state index is 0.276. The maximum absolute atomic E-state index is 2.43. The maximum Gasteiger partial charge on any atom is -0.00578 e. The molecule has 0 saturated heterocycles. The van der Waals surface area contributed by atoms with Crippen molar-refractivity contribution in [1.82, 2.24) is 0 Å². The standard InChI is InChI=1S/C15H16P/c1-2-13-16(14-9-5-3-6-10-14)15-11-7-4-8-12-15/h3-13H,2H2,1H3. The first kappa shape index (κ1) is 11.4. The Labute approximate surface area is 99.1 Å². The van der Waals surface area contributed by atoms with E-state index in [1.54, 1.807) is 0 Å². The second-order valence-corrected chi connectivity index (χ2v) is 5.77. The third-order valence-corrected chi connectivity index (χ3v) is 4.87. The van der Waals surface area contributed by atoms with E-state index in [4.69, 9.17) is 0 Å². The van der Waals surface area contributed by atoms with Crippen molar-refractivity contribution in [3.63, 3.8) is 0 Å². The lowest BCUT2D eigenvalue weighted by Gasteiger charge is -2.17. The third kappa shape index (κ3) is 2.71. The molecule has 0 N–H and O–H groups in total. The molecule has 2 rings (SSSR count). The van der Waals surface area contributed by atoms with E-state index in [9.17, 15) is 0 Å². The average molecular weight is 227 g/mol. The predicted octanol–water partition coefficient (Wildman–Crippen LogP) is 3.69. The molecule has 16 heavy (non-hydrogen) atoms. The van der Waals surface area contributed by atoms with E-state index >= 15 is 0 Å². The van der Waals surface area contributed by atoms with Crippen LogP contribution in [0.4, 0.5) is 0 Å². The first-order chi connectivity index (χ1) is 7.92. The Bertz CT molecular complexity index is 368. The molecule has 0 aromatic heterocycles. The van der Waals surface area contributed by atoms with Gasteiger partial charge < -0.3 is 0 Å². The fraction of sp³-hybridized carbons (Fsp3) is 0.133. The Morgan fingerprint density at radius 3 is 1.62 bits per heavy atom. The lowest BCUT2D eigenvalue weighted by atomic mass is 10.4. The van der Waals surface area contributed by atoms with Crippen LogP contribution in [0, 0.1) is 6.16 Å². The predicted molar refractivity (Wildman–Crippen MR) is 73.7 cm³/mol. The van der Waals surface area contributed by atoms with Crippen molar-refractivity contribution in [2.24, 2.45) is 0 Å². The fourth-order valence-corrected chi connectivity index (χ4v) is 3.79. The van der Waals surface area contributed by atoms with Gasteiger partial charge in [-0.3, -0.25) is 0 Å². The van der Waals surface area contributed by atoms with Crippen LogP contribution in [0.25, 0.3) is 0 Å². The molecule has 0 unspecified atom stereocenters. The smallest absolute Gasteiger partial charge is 0.00578 e. The van der Waals surface area contributed by atoms with Gasteiger partial charge in [0.15, 0.2) is 0 Å². The fourth-order valence-electron chi connectivity index (χ4n) is 1.72. The summed E-state index contributed by atoms with van der Waals surface area (Å²) < 4.78 is 0. The number of benzene rings is 2. The van der Waals surface area contributed by atoms with Gasteiger partial charge in [0.2, 0.25) is 0 Å². The Morgan fingerprint density at radius 1 is 0.812 bits per heavy atom. The molecule has 1 heteroatoms. The molecule has 0 aliphatic rings. The number of hydrogen-bond acceptors (Lipinski definition) is 0. The largest absolute Gasteiger partial charge is 0.0647 e. The minimum Gasteiger partial charge on any atom is -0.0647 e. The van der Waals surface area contributed by atoms with Crippen LogP contribution >= 0.6 is 7.92 Å². The van der Waals surface area contributed by atoms with Crippen molar-refractivity contribution in [1.29, 1.82) is 0 Å². The lowest BCUT2D eigenvalue weighted by Crippen LogP contribution is -2.11. The Morgan fingerprint density at radius 2 is 1.25 bits per heavy atom. The van der Waals surface area contributed by atoms with Gasteiger partial charge in [-0.2, -0.15) is 0 Å². The molecule has 0 heterocycles. The number of rotatable bonds is 4. The van der Waals surface area contributed by atoms with Crippen molar-refractivity contribution < 1.29 is 0 Å². The van der Waals surface area contributed by atoms with Crippen molar-refractivity contribution in [2.75, 3.05) is 0 Å². The summed E-state index contributed by atoms with van der Waals surface area (Å²) in [5.41, 5.74) is 0. The SMILES string of the molecule is CC[CH]P(c1ccccc1)c1ccccc1. The Kier molecular flexibility index (Phi) is 4.13. The molecule has 2 aromatic carbocycles. The molecule has 81 valence electrons. The summed E-state index contributed by atoms with van der Waals surface area (Å²) >= 11 is 0. The van der Waals surface area contributed by atoms with Gasteiger partial charge >= 0.3 is 0 Å². The van der Waals surface area contributed by atoms with Crippen LogP contribution in [-0.4, -0.2) is 0 Å². The molecule has 0 aliphatic heterocycles. The zero-order chi connectivity index (χ0) is 11.2. The van der Waals surface area contributed by atoms with Crippen LogP contribution in [0.1, 0.15) is 13.3 Å². The summed E-state index contributed by atoms with van der Waals surface area (Å²) in [7, 11) is -0.276. The van der Waals surface area contributed by atoms with Crippen LogP contribution < -0.4 is 10.6 Å². The first-order valence-electron chi connectivity index (χ1n) is 5.64. The van der Waals surface area contributed by atoms with Crippen molar-refractivity contribution in [3.8, 4) is 0 Å². The second-order valence-electron chi connectivity index (χ2n) is 3.63. The van der Waals surface area contributed by atoms with Crippen molar-refractivity contribution in [2.45, 2.75) is 13.3 Å². The molecular formula is C15H16P. The molecule has 0 amide bonds. The van der Waals surface area contributed by atoms with Crippen LogP contribution in [0.5, 0.6) is 0 Å². The molecule has 0 fully saturated rings. The average Bonchev–Trinajstić information content (AvgIpc) is 2.38. The molecule has 0 nitrogen and oxygen atoms in total. The summed E-state index contributed by atoms with van der Waals surface area (Å²) in [5.74, 6) is 0. The first-order valence-corrected chi connectivity index (χ1v) is 7.05. The van der Waals surface area contributed by atoms with Gasteiger partial charge in [0.05, 0.1) is 0 Å². The van der Waals surface area contributed by atoms with Crippen molar-refractivity contribution >= 4 is 18.5 Å². The van der Waals surface area contributed by atoms with E-state index in [1.807, 2.05) is 0 Å². The van der Waals surface area contributed by atoms with Gasteiger partial charge in [-0.1, -0.05) is 67.6 Å². The highest BCUT2D eigenvalue weighted by Gasteiger charge is 2.11. The maximum atomic E-state index is 2.43. The summed E-state index contributed by atoms with van der Waals surface area (Å²) in [6.45, 7) is 2.21. The molecule has 0 bridgehead atoms. The topological polar surface area (TPSA) is 0 Å². The van der Waals surface area contributed by atoms with Crippen LogP contribution in [0.3, 0.4) is 0 Å². The number of hydrogen-bond donors (Lipinski definition) is 0. The van der Waals surface area contributed by atoms with E-state index in [-0.39, 0.29) is 7.92 Å². The zero-order valence-electron chi connectivity index (χ0n) is 9.51. The van der Waals surface area contributed by atoms with Crippen LogP contribution in [0.2, 0.25) is 0 Å². The summed E-state index contributed by atoms with van der Waals surface area (Å²) in [6, 6.07) is 21.6. The molecule has 0 spiro atoms.